The van der Waals surface area contributed by atoms with Crippen molar-refractivity contribution < 1.29 is 9.53 Å². The third kappa shape index (κ3) is 6.06. The first-order chi connectivity index (χ1) is 16.1. The molecule has 0 atom stereocenters. The minimum Gasteiger partial charge on any atom is -0.492 e. The summed E-state index contributed by atoms with van der Waals surface area (Å²) in [5, 5.41) is 8.66. The number of carbonyl (C=O) groups excluding carboxylic acids is 1. The number of hydrogen-bond donors (Lipinski definition) is 1. The Morgan fingerprint density at radius 3 is 2.50 bits per heavy atom. The normalized spacial score (nSPS) is 19.6. The van der Waals surface area contributed by atoms with E-state index in [9.17, 15) is 4.79 Å². The van der Waals surface area contributed by atoms with E-state index in [1.54, 1.807) is 18.3 Å². The van der Waals surface area contributed by atoms with Gasteiger partial charge in [0.05, 0.1) is 6.54 Å². The van der Waals surface area contributed by atoms with E-state index in [4.69, 9.17) is 22.1 Å². The lowest BCUT2D eigenvalue weighted by Gasteiger charge is -2.43. The molecule has 8 heteroatoms. The van der Waals surface area contributed by atoms with Crippen LogP contribution >= 0.6 is 24.0 Å². The van der Waals surface area contributed by atoms with Gasteiger partial charge in [0.2, 0.25) is 0 Å². The van der Waals surface area contributed by atoms with Crippen LogP contribution in [0.1, 0.15) is 41.7 Å². The number of hydrogen-bond acceptors (Lipinski definition) is 5. The topological polar surface area (TPSA) is 81.3 Å². The molecule has 0 saturated heterocycles. The van der Waals surface area contributed by atoms with E-state index in [-0.39, 0.29) is 29.8 Å². The van der Waals surface area contributed by atoms with E-state index in [1.165, 1.54) is 5.56 Å². The largest absolute Gasteiger partial charge is 0.492 e. The highest BCUT2D eigenvalue weighted by atomic mass is 35.5. The Hall–Kier alpha value is -2.67. The Bertz CT molecular complexity index is 1040. The van der Waals surface area contributed by atoms with Crippen molar-refractivity contribution in [2.45, 2.75) is 37.1 Å². The van der Waals surface area contributed by atoms with Gasteiger partial charge in [0.15, 0.2) is 5.69 Å². The first-order valence-electron chi connectivity index (χ1n) is 11.3. The molecule has 1 fully saturated rings. The highest BCUT2D eigenvalue weighted by Crippen LogP contribution is 2.41. The molecule has 2 N–H and O–H groups in total. The summed E-state index contributed by atoms with van der Waals surface area (Å²) in [6.45, 7) is 1.43. The number of aromatic nitrogens is 2. The number of nitrogens with zero attached hydrogens (tertiary/aromatic N) is 3. The number of para-hydroxylation sites is 1. The Labute approximate surface area is 211 Å². The molecule has 1 aromatic heterocycles. The van der Waals surface area contributed by atoms with Gasteiger partial charge in [-0.05, 0) is 67.6 Å². The van der Waals surface area contributed by atoms with Crippen LogP contribution in [0.2, 0.25) is 5.02 Å². The van der Waals surface area contributed by atoms with Crippen molar-refractivity contribution in [3.63, 3.8) is 0 Å². The van der Waals surface area contributed by atoms with Gasteiger partial charge in [-0.1, -0.05) is 41.9 Å². The molecule has 0 unspecified atom stereocenters. The Kier molecular flexibility index (Phi) is 9.28. The number of ether oxygens (including phenoxy) is 1. The molecule has 6 nitrogen and oxygen atoms in total. The van der Waals surface area contributed by atoms with Crippen LogP contribution in [0.15, 0.2) is 72.9 Å². The maximum atomic E-state index is 13.4. The van der Waals surface area contributed by atoms with E-state index in [1.807, 2.05) is 53.4 Å². The van der Waals surface area contributed by atoms with Crippen molar-refractivity contribution >= 4 is 29.9 Å². The van der Waals surface area contributed by atoms with Crippen molar-refractivity contribution in [3.8, 4) is 5.75 Å². The predicted octanol–water partition coefficient (Wildman–Crippen LogP) is 4.91. The van der Waals surface area contributed by atoms with Crippen molar-refractivity contribution in [3.05, 3.63) is 89.2 Å². The van der Waals surface area contributed by atoms with E-state index in [0.717, 1.165) is 36.5 Å². The maximum absolute atomic E-state index is 13.4. The van der Waals surface area contributed by atoms with Crippen molar-refractivity contribution in [1.29, 1.82) is 0 Å². The average Bonchev–Trinajstić information content (AvgIpc) is 2.88. The molecule has 34 heavy (non-hydrogen) atoms. The summed E-state index contributed by atoms with van der Waals surface area (Å²) in [6.07, 6.45) is 5.04. The van der Waals surface area contributed by atoms with Gasteiger partial charge in [0.25, 0.3) is 5.91 Å². The Morgan fingerprint density at radius 2 is 1.85 bits per heavy atom. The number of nitrogens with two attached hydrogens (primary N) is 1. The van der Waals surface area contributed by atoms with Crippen LogP contribution in [0.5, 0.6) is 5.75 Å². The fourth-order valence-corrected chi connectivity index (χ4v) is 4.88. The quantitative estimate of drug-likeness (QED) is 0.474. The van der Waals surface area contributed by atoms with Gasteiger partial charge in [-0.2, -0.15) is 5.10 Å². The second-order valence-electron chi connectivity index (χ2n) is 8.49. The van der Waals surface area contributed by atoms with Crippen LogP contribution in [0, 0.1) is 0 Å². The summed E-state index contributed by atoms with van der Waals surface area (Å²) in [5.41, 5.74) is 7.68. The van der Waals surface area contributed by atoms with Crippen molar-refractivity contribution in [1.82, 2.24) is 15.1 Å². The van der Waals surface area contributed by atoms with Gasteiger partial charge in [0, 0.05) is 29.2 Å². The van der Waals surface area contributed by atoms with Gasteiger partial charge < -0.3 is 15.4 Å². The van der Waals surface area contributed by atoms with Crippen LogP contribution < -0.4 is 10.5 Å². The Balaban J connectivity index is 0.00000324. The minimum absolute atomic E-state index is 0. The highest BCUT2D eigenvalue weighted by Gasteiger charge is 2.39. The van der Waals surface area contributed by atoms with E-state index < -0.39 is 0 Å². The first-order valence-corrected chi connectivity index (χ1v) is 11.7. The molecule has 2 aromatic carbocycles. The monoisotopic (exact) mass is 500 g/mol. The number of carbonyl (C=O) groups is 1. The molecule has 0 radical (unpaired) electrons. The lowest BCUT2D eigenvalue weighted by atomic mass is 9.68. The third-order valence-electron chi connectivity index (χ3n) is 6.58. The zero-order valence-corrected chi connectivity index (χ0v) is 20.5. The smallest absolute Gasteiger partial charge is 0.274 e. The summed E-state index contributed by atoms with van der Waals surface area (Å²) in [7, 11) is 0. The van der Waals surface area contributed by atoms with Crippen LogP contribution in [-0.2, 0) is 5.41 Å². The predicted molar refractivity (Wildman–Crippen MR) is 137 cm³/mol. The second kappa shape index (κ2) is 12.2. The van der Waals surface area contributed by atoms with Crippen LogP contribution in [0.4, 0.5) is 0 Å². The molecule has 1 heterocycles. The Morgan fingerprint density at radius 1 is 1.09 bits per heavy atom. The van der Waals surface area contributed by atoms with E-state index in [2.05, 4.69) is 16.3 Å². The average molecular weight is 501 g/mol. The molecule has 1 aliphatic carbocycles. The van der Waals surface area contributed by atoms with Gasteiger partial charge in [-0.25, -0.2) is 0 Å². The molecule has 0 aliphatic heterocycles. The highest BCUT2D eigenvalue weighted by molar-refractivity contribution is 6.30. The number of rotatable bonds is 8. The van der Waals surface area contributed by atoms with Gasteiger partial charge in [0.1, 0.15) is 12.4 Å². The van der Waals surface area contributed by atoms with E-state index in [0.29, 0.717) is 25.4 Å². The van der Waals surface area contributed by atoms with Crippen molar-refractivity contribution in [2.24, 2.45) is 5.73 Å². The maximum Gasteiger partial charge on any atom is 0.274 e. The fourth-order valence-electron chi connectivity index (χ4n) is 4.69. The van der Waals surface area contributed by atoms with Crippen LogP contribution in [0.25, 0.3) is 0 Å². The SMILES string of the molecule is Cl.NC[C@]1(c2cccc(Cl)c2)CC[C@H](N(CCOc2ccccc2)C(=O)c2cccnn2)CC1. The summed E-state index contributed by atoms with van der Waals surface area (Å²) in [6, 6.07) is 21.1. The van der Waals surface area contributed by atoms with Gasteiger partial charge in [-0.15, -0.1) is 17.5 Å². The molecule has 0 spiro atoms. The molecule has 1 saturated carbocycles. The molecule has 1 amide bonds. The lowest BCUT2D eigenvalue weighted by Crippen LogP contribution is -2.48. The van der Waals surface area contributed by atoms with Crippen molar-refractivity contribution in [2.75, 3.05) is 19.7 Å². The molecule has 0 bridgehead atoms. The second-order valence-corrected chi connectivity index (χ2v) is 8.93. The third-order valence-corrected chi connectivity index (χ3v) is 6.81. The van der Waals surface area contributed by atoms with Crippen LogP contribution in [-0.4, -0.2) is 46.7 Å². The van der Waals surface area contributed by atoms with E-state index >= 15 is 0 Å². The summed E-state index contributed by atoms with van der Waals surface area (Å²) in [4.78, 5) is 15.3. The molecule has 3 aromatic rings. The standard InChI is InChI=1S/C26H29ClN4O2.ClH/c27-21-7-4-6-20(18-21)26(19-28)13-11-22(12-14-26)31(25(32)24-10-5-15-29-30-24)16-17-33-23-8-2-1-3-9-23;/h1-10,15,18,22H,11-14,16-17,19,28H2;1H/t22-,26-;. The molecular weight excluding hydrogens is 471 g/mol. The molecule has 180 valence electrons. The summed E-state index contributed by atoms with van der Waals surface area (Å²) < 4.78 is 5.89. The summed E-state index contributed by atoms with van der Waals surface area (Å²) in [5.74, 6) is 0.670. The molecular formula is C26H30Cl2N4O2. The first kappa shape index (κ1) is 25.9. The molecule has 1 aliphatic rings. The zero-order valence-electron chi connectivity index (χ0n) is 19.0. The van der Waals surface area contributed by atoms with Gasteiger partial charge >= 0.3 is 0 Å². The number of amides is 1. The number of halogens is 2. The zero-order chi connectivity index (χ0) is 23.1. The van der Waals surface area contributed by atoms with Gasteiger partial charge in [-0.3, -0.25) is 4.79 Å². The number of benzene rings is 2. The summed E-state index contributed by atoms with van der Waals surface area (Å²) >= 11 is 6.26. The lowest BCUT2D eigenvalue weighted by molar-refractivity contribution is 0.0548. The molecule has 4 rings (SSSR count). The van der Waals surface area contributed by atoms with Crippen LogP contribution in [0.3, 0.4) is 0 Å². The fraction of sp³-hybridized carbons (Fsp3) is 0.346. The minimum atomic E-state index is -0.122.